The Morgan fingerprint density at radius 2 is 1.82 bits per heavy atom. The molecule has 2 saturated heterocycles. The SMILES string of the molecule is O=C1NC(=O)/C(=C/c2ccnc(N3CCC(CNCc4cccc(-c5ccnc6ccccc56)n4)CC3)n2)S1. The first-order chi connectivity index (χ1) is 19.1. The average Bonchev–Trinajstić information content (AvgIpc) is 3.29. The number of amides is 2. The predicted octanol–water partition coefficient (Wildman–Crippen LogP) is 4.42. The molecular weight excluding hydrogens is 510 g/mol. The van der Waals surface area contributed by atoms with Gasteiger partial charge in [0.25, 0.3) is 11.1 Å². The number of anilines is 1. The highest BCUT2D eigenvalue weighted by molar-refractivity contribution is 8.18. The van der Waals surface area contributed by atoms with Gasteiger partial charge in [0.15, 0.2) is 0 Å². The first-order valence-electron chi connectivity index (χ1n) is 13.0. The van der Waals surface area contributed by atoms with Crippen molar-refractivity contribution in [2.45, 2.75) is 19.4 Å². The molecule has 0 spiro atoms. The fourth-order valence-corrected chi connectivity index (χ4v) is 5.61. The van der Waals surface area contributed by atoms with Gasteiger partial charge in [-0.2, -0.15) is 0 Å². The van der Waals surface area contributed by atoms with Gasteiger partial charge in [0.05, 0.1) is 27.5 Å². The van der Waals surface area contributed by atoms with Gasteiger partial charge in [0.1, 0.15) is 0 Å². The fourth-order valence-electron chi connectivity index (χ4n) is 4.94. The van der Waals surface area contributed by atoms with E-state index in [-0.39, 0.29) is 11.1 Å². The number of para-hydroxylation sites is 1. The molecule has 2 fully saturated rings. The highest BCUT2D eigenvalue weighted by atomic mass is 32.2. The third kappa shape index (κ3) is 5.81. The number of pyridine rings is 2. The zero-order valence-corrected chi connectivity index (χ0v) is 22.0. The van der Waals surface area contributed by atoms with Crippen molar-refractivity contribution in [3.05, 3.63) is 83.3 Å². The summed E-state index contributed by atoms with van der Waals surface area (Å²) in [4.78, 5) is 44.2. The molecule has 196 valence electrons. The summed E-state index contributed by atoms with van der Waals surface area (Å²) in [5, 5.41) is 6.61. The molecule has 1 aromatic carbocycles. The first kappa shape index (κ1) is 25.1. The van der Waals surface area contributed by atoms with E-state index < -0.39 is 0 Å². The highest BCUT2D eigenvalue weighted by Gasteiger charge is 2.26. The van der Waals surface area contributed by atoms with Gasteiger partial charge in [-0.15, -0.1) is 0 Å². The summed E-state index contributed by atoms with van der Waals surface area (Å²) in [5.74, 6) is 0.824. The van der Waals surface area contributed by atoms with E-state index in [1.807, 2.05) is 30.5 Å². The number of aromatic nitrogens is 4. The van der Waals surface area contributed by atoms with Gasteiger partial charge < -0.3 is 10.2 Å². The number of benzene rings is 1. The quantitative estimate of drug-likeness (QED) is 0.331. The number of hydrogen-bond acceptors (Lipinski definition) is 9. The zero-order valence-electron chi connectivity index (χ0n) is 21.2. The average molecular weight is 538 g/mol. The van der Waals surface area contributed by atoms with Gasteiger partial charge in [0.2, 0.25) is 5.95 Å². The van der Waals surface area contributed by atoms with Gasteiger partial charge in [-0.1, -0.05) is 24.3 Å². The van der Waals surface area contributed by atoms with Crippen LogP contribution in [0.2, 0.25) is 0 Å². The number of hydrogen-bond donors (Lipinski definition) is 2. The van der Waals surface area contributed by atoms with E-state index in [4.69, 9.17) is 4.98 Å². The largest absolute Gasteiger partial charge is 0.341 e. The maximum Gasteiger partial charge on any atom is 0.290 e. The summed E-state index contributed by atoms with van der Waals surface area (Å²) in [6, 6.07) is 18.1. The molecule has 5 heterocycles. The summed E-state index contributed by atoms with van der Waals surface area (Å²) in [6.07, 6.45) is 7.23. The number of imide groups is 1. The summed E-state index contributed by atoms with van der Waals surface area (Å²) >= 11 is 0.890. The van der Waals surface area contributed by atoms with Crippen LogP contribution in [0.3, 0.4) is 0 Å². The Balaban J connectivity index is 1.02. The molecule has 0 unspecified atom stereocenters. The van der Waals surface area contributed by atoms with Crippen molar-refractivity contribution in [3.63, 3.8) is 0 Å². The van der Waals surface area contributed by atoms with Crippen LogP contribution >= 0.6 is 11.8 Å². The Morgan fingerprint density at radius 3 is 2.67 bits per heavy atom. The van der Waals surface area contributed by atoms with Crippen molar-refractivity contribution < 1.29 is 9.59 Å². The number of rotatable bonds is 7. The molecule has 0 saturated carbocycles. The number of nitrogens with one attached hydrogen (secondary N) is 2. The van der Waals surface area contributed by atoms with Crippen molar-refractivity contribution in [1.82, 2.24) is 30.6 Å². The van der Waals surface area contributed by atoms with Crippen LogP contribution in [0.5, 0.6) is 0 Å². The number of thioether (sulfide) groups is 1. The minimum absolute atomic E-state index is 0.351. The lowest BCUT2D eigenvalue weighted by Gasteiger charge is -2.32. The third-order valence-corrected chi connectivity index (χ3v) is 7.76. The number of piperidine rings is 1. The van der Waals surface area contributed by atoms with Crippen molar-refractivity contribution in [2.24, 2.45) is 5.92 Å². The number of fused-ring (bicyclic) bond motifs is 1. The minimum atomic E-state index is -0.383. The lowest BCUT2D eigenvalue weighted by atomic mass is 9.97. The van der Waals surface area contributed by atoms with E-state index in [1.54, 1.807) is 18.3 Å². The van der Waals surface area contributed by atoms with Gasteiger partial charge in [0, 0.05) is 43.0 Å². The molecule has 2 aliphatic heterocycles. The van der Waals surface area contributed by atoms with Crippen LogP contribution in [-0.2, 0) is 11.3 Å². The van der Waals surface area contributed by atoms with E-state index in [2.05, 4.69) is 54.8 Å². The smallest absolute Gasteiger partial charge is 0.290 e. The molecule has 2 aliphatic rings. The van der Waals surface area contributed by atoms with Crippen molar-refractivity contribution in [1.29, 1.82) is 0 Å². The van der Waals surface area contributed by atoms with E-state index in [9.17, 15) is 9.59 Å². The van der Waals surface area contributed by atoms with Gasteiger partial charge in [-0.05, 0) is 73.5 Å². The van der Waals surface area contributed by atoms with Crippen LogP contribution in [-0.4, -0.2) is 50.7 Å². The minimum Gasteiger partial charge on any atom is -0.341 e. The first-order valence-corrected chi connectivity index (χ1v) is 13.8. The van der Waals surface area contributed by atoms with Crippen molar-refractivity contribution >= 4 is 45.8 Å². The van der Waals surface area contributed by atoms with Gasteiger partial charge in [-0.25, -0.2) is 9.97 Å². The number of carbonyl (C=O) groups is 2. The van der Waals surface area contributed by atoms with Crippen LogP contribution in [0, 0.1) is 5.92 Å². The lowest BCUT2D eigenvalue weighted by Crippen LogP contribution is -2.38. The van der Waals surface area contributed by atoms with E-state index in [0.29, 0.717) is 29.0 Å². The number of carbonyl (C=O) groups excluding carboxylic acids is 2. The van der Waals surface area contributed by atoms with E-state index in [1.165, 1.54) is 0 Å². The highest BCUT2D eigenvalue weighted by Crippen LogP contribution is 2.27. The molecule has 39 heavy (non-hydrogen) atoms. The predicted molar refractivity (Wildman–Crippen MR) is 153 cm³/mol. The maximum atomic E-state index is 11.8. The topological polar surface area (TPSA) is 113 Å². The molecule has 2 N–H and O–H groups in total. The Morgan fingerprint density at radius 1 is 0.974 bits per heavy atom. The molecular formula is C29H27N7O2S. The summed E-state index contributed by atoms with van der Waals surface area (Å²) in [6.45, 7) is 3.36. The van der Waals surface area contributed by atoms with Crippen molar-refractivity contribution in [2.75, 3.05) is 24.5 Å². The second-order valence-electron chi connectivity index (χ2n) is 9.58. The summed E-state index contributed by atoms with van der Waals surface area (Å²) < 4.78 is 0. The van der Waals surface area contributed by atoms with Crippen LogP contribution < -0.4 is 15.5 Å². The molecule has 0 bridgehead atoms. The van der Waals surface area contributed by atoms with Gasteiger partial charge >= 0.3 is 0 Å². The maximum absolute atomic E-state index is 11.8. The van der Waals surface area contributed by atoms with E-state index in [0.717, 1.165) is 72.1 Å². The summed E-state index contributed by atoms with van der Waals surface area (Å²) in [5.41, 5.74) is 4.65. The number of nitrogens with zero attached hydrogens (tertiary/aromatic N) is 5. The Hall–Kier alpha value is -4.15. The van der Waals surface area contributed by atoms with E-state index >= 15 is 0 Å². The van der Waals surface area contributed by atoms with Crippen LogP contribution in [0.4, 0.5) is 10.7 Å². The molecule has 3 aromatic heterocycles. The summed E-state index contributed by atoms with van der Waals surface area (Å²) in [7, 11) is 0. The molecule has 9 nitrogen and oxygen atoms in total. The standard InChI is InChI=1S/C29H27N7O2S/c37-27-26(39-29(38)35-27)16-20-8-12-32-28(34-20)36-14-10-19(11-15-36)17-30-18-21-4-3-7-25(33-21)23-9-13-31-24-6-2-1-5-22(23)24/h1-9,12-13,16,19,30H,10-11,14-15,17-18H2,(H,35,37,38)/b26-16-. The Kier molecular flexibility index (Phi) is 7.29. The molecule has 6 rings (SSSR count). The van der Waals surface area contributed by atoms with Gasteiger partial charge in [-0.3, -0.25) is 24.9 Å². The monoisotopic (exact) mass is 537 g/mol. The normalized spacial score (nSPS) is 17.2. The molecule has 10 heteroatoms. The molecule has 2 amide bonds. The third-order valence-electron chi connectivity index (χ3n) is 6.95. The molecule has 0 radical (unpaired) electrons. The second-order valence-corrected chi connectivity index (χ2v) is 10.6. The van der Waals surface area contributed by atoms with Crippen LogP contribution in [0.1, 0.15) is 24.2 Å². The molecule has 0 aliphatic carbocycles. The Labute approximate surface area is 230 Å². The molecule has 0 atom stereocenters. The van der Waals surface area contributed by atoms with Crippen LogP contribution in [0.15, 0.2) is 71.9 Å². The lowest BCUT2D eigenvalue weighted by molar-refractivity contribution is -0.115. The van der Waals surface area contributed by atoms with Crippen LogP contribution in [0.25, 0.3) is 28.2 Å². The second kappa shape index (κ2) is 11.3. The van der Waals surface area contributed by atoms with Crippen molar-refractivity contribution in [3.8, 4) is 11.3 Å². The molecule has 4 aromatic rings. The fraction of sp³-hybridized carbons (Fsp3) is 0.241. The Bertz CT molecular complexity index is 1560. The zero-order chi connectivity index (χ0) is 26.6.